The van der Waals surface area contributed by atoms with Gasteiger partial charge in [-0.3, -0.25) is 4.79 Å². The second kappa shape index (κ2) is 5.05. The molecule has 2 aliphatic rings. The average Bonchev–Trinajstić information content (AvgIpc) is 2.42. The highest BCUT2D eigenvalue weighted by atomic mass is 16.2. The summed E-state index contributed by atoms with van der Waals surface area (Å²) in [6.07, 6.45) is 7.34. The minimum Gasteiger partial charge on any atom is -0.340 e. The fourth-order valence-corrected chi connectivity index (χ4v) is 2.65. The first-order valence-electron chi connectivity index (χ1n) is 6.52. The van der Waals surface area contributed by atoms with Crippen LogP contribution in [0.2, 0.25) is 0 Å². The topological polar surface area (TPSA) is 46.3 Å². The Hall–Kier alpha value is -1.09. The molecule has 0 radical (unpaired) electrons. The molecule has 0 saturated carbocycles. The molecule has 1 aliphatic heterocycles. The first-order chi connectivity index (χ1) is 8.09. The molecule has 0 fully saturated rings. The van der Waals surface area contributed by atoms with E-state index in [2.05, 4.69) is 26.0 Å². The van der Waals surface area contributed by atoms with Crippen molar-refractivity contribution >= 4 is 5.91 Å². The molecule has 1 aliphatic carbocycles. The van der Waals surface area contributed by atoms with Crippen molar-refractivity contribution in [1.29, 1.82) is 0 Å². The summed E-state index contributed by atoms with van der Waals surface area (Å²) >= 11 is 0. The van der Waals surface area contributed by atoms with Gasteiger partial charge in [0.1, 0.15) is 6.04 Å². The minimum atomic E-state index is -0.442. The molecule has 17 heavy (non-hydrogen) atoms. The lowest BCUT2D eigenvalue weighted by atomic mass is 9.92. The van der Waals surface area contributed by atoms with Crippen LogP contribution in [0.15, 0.2) is 23.3 Å². The minimum absolute atomic E-state index is 0.0928. The van der Waals surface area contributed by atoms with Crippen molar-refractivity contribution in [2.45, 2.75) is 39.2 Å². The van der Waals surface area contributed by atoms with Gasteiger partial charge in [-0.2, -0.15) is 0 Å². The van der Waals surface area contributed by atoms with Crippen molar-refractivity contribution in [3.8, 4) is 0 Å². The van der Waals surface area contributed by atoms with Crippen molar-refractivity contribution < 1.29 is 4.79 Å². The molecular formula is C14H22N2O. The molecule has 0 aromatic rings. The van der Waals surface area contributed by atoms with Crippen LogP contribution in [0.3, 0.4) is 0 Å². The van der Waals surface area contributed by atoms with Crippen LogP contribution < -0.4 is 5.73 Å². The fraction of sp³-hybridized carbons (Fsp3) is 0.643. The summed E-state index contributed by atoms with van der Waals surface area (Å²) in [5.41, 5.74) is 8.56. The number of hydrogen-bond donors (Lipinski definition) is 1. The quantitative estimate of drug-likeness (QED) is 0.792. The standard InChI is InChI=1S/C14H22N2O/c1-10(2)9-16-8-7-11-5-3-4-6-12(11)13(15)14(16)17/h4,6,10,13H,3,5,7-9,15H2,1-2H3/t13-/m0/s1. The number of hydrogen-bond acceptors (Lipinski definition) is 2. The third kappa shape index (κ3) is 2.60. The highest BCUT2D eigenvalue weighted by Crippen LogP contribution is 2.27. The van der Waals surface area contributed by atoms with E-state index in [9.17, 15) is 4.79 Å². The second-order valence-corrected chi connectivity index (χ2v) is 5.41. The Kier molecular flexibility index (Phi) is 3.67. The van der Waals surface area contributed by atoms with Gasteiger partial charge in [0.05, 0.1) is 0 Å². The van der Waals surface area contributed by atoms with E-state index < -0.39 is 6.04 Å². The van der Waals surface area contributed by atoms with Crippen molar-refractivity contribution in [2.24, 2.45) is 11.7 Å². The van der Waals surface area contributed by atoms with Gasteiger partial charge in [0.2, 0.25) is 5.91 Å². The normalized spacial score (nSPS) is 25.3. The molecule has 0 aromatic carbocycles. The maximum Gasteiger partial charge on any atom is 0.244 e. The van der Waals surface area contributed by atoms with Crippen LogP contribution in [0.4, 0.5) is 0 Å². The van der Waals surface area contributed by atoms with Gasteiger partial charge in [-0.05, 0) is 30.8 Å². The van der Waals surface area contributed by atoms with Gasteiger partial charge in [0.15, 0.2) is 0 Å². The Morgan fingerprint density at radius 1 is 1.47 bits per heavy atom. The predicted octanol–water partition coefficient (Wildman–Crippen LogP) is 1.85. The monoisotopic (exact) mass is 234 g/mol. The summed E-state index contributed by atoms with van der Waals surface area (Å²) in [5, 5.41) is 0. The van der Waals surface area contributed by atoms with E-state index in [4.69, 9.17) is 5.73 Å². The number of rotatable bonds is 2. The van der Waals surface area contributed by atoms with Gasteiger partial charge in [-0.1, -0.05) is 31.6 Å². The van der Waals surface area contributed by atoms with Crippen molar-refractivity contribution in [1.82, 2.24) is 4.90 Å². The smallest absolute Gasteiger partial charge is 0.244 e. The van der Waals surface area contributed by atoms with E-state index >= 15 is 0 Å². The maximum atomic E-state index is 12.3. The van der Waals surface area contributed by atoms with Gasteiger partial charge in [0, 0.05) is 13.1 Å². The Morgan fingerprint density at radius 3 is 2.94 bits per heavy atom. The molecule has 3 nitrogen and oxygen atoms in total. The van der Waals surface area contributed by atoms with E-state index in [-0.39, 0.29) is 5.91 Å². The molecule has 3 heteroatoms. The van der Waals surface area contributed by atoms with Crippen LogP contribution in [0.1, 0.15) is 33.1 Å². The highest BCUT2D eigenvalue weighted by molar-refractivity contribution is 5.86. The van der Waals surface area contributed by atoms with E-state index in [1.165, 1.54) is 5.57 Å². The van der Waals surface area contributed by atoms with Gasteiger partial charge in [-0.25, -0.2) is 0 Å². The maximum absolute atomic E-state index is 12.3. The number of nitrogens with two attached hydrogens (primary N) is 1. The molecule has 0 unspecified atom stereocenters. The largest absolute Gasteiger partial charge is 0.340 e. The number of carbonyl (C=O) groups excluding carboxylic acids is 1. The van der Waals surface area contributed by atoms with Crippen LogP contribution >= 0.6 is 0 Å². The molecule has 0 saturated heterocycles. The summed E-state index contributed by atoms with van der Waals surface area (Å²) in [5.74, 6) is 0.590. The first kappa shape index (κ1) is 12.4. The SMILES string of the molecule is CC(C)CN1CCC2=C(C=CCC2)[C@H](N)C1=O. The second-order valence-electron chi connectivity index (χ2n) is 5.41. The molecule has 0 aromatic heterocycles. The molecule has 1 amide bonds. The van der Waals surface area contributed by atoms with Gasteiger partial charge >= 0.3 is 0 Å². The zero-order valence-corrected chi connectivity index (χ0v) is 10.8. The number of nitrogens with zero attached hydrogens (tertiary/aromatic N) is 1. The Balaban J connectivity index is 2.18. The fourth-order valence-electron chi connectivity index (χ4n) is 2.65. The Labute approximate surface area is 103 Å². The van der Waals surface area contributed by atoms with E-state index in [1.807, 2.05) is 4.90 Å². The lowest BCUT2D eigenvalue weighted by Gasteiger charge is -2.25. The molecule has 0 spiro atoms. The zero-order valence-electron chi connectivity index (χ0n) is 10.8. The molecule has 2 N–H and O–H groups in total. The van der Waals surface area contributed by atoms with Crippen LogP contribution in [0.5, 0.6) is 0 Å². The number of amides is 1. The summed E-state index contributed by atoms with van der Waals surface area (Å²) < 4.78 is 0. The summed E-state index contributed by atoms with van der Waals surface area (Å²) in [6, 6.07) is -0.442. The lowest BCUT2D eigenvalue weighted by Crippen LogP contribution is -2.45. The average molecular weight is 234 g/mol. The van der Waals surface area contributed by atoms with Crippen LogP contribution in [-0.4, -0.2) is 29.9 Å². The summed E-state index contributed by atoms with van der Waals surface area (Å²) in [4.78, 5) is 14.2. The third-order valence-corrected chi connectivity index (χ3v) is 3.50. The molecule has 2 rings (SSSR count). The number of allylic oxidation sites excluding steroid dienone is 1. The first-order valence-corrected chi connectivity index (χ1v) is 6.52. The van der Waals surface area contributed by atoms with E-state index in [0.29, 0.717) is 5.92 Å². The Bertz CT molecular complexity index is 368. The number of carbonyl (C=O) groups is 1. The van der Waals surface area contributed by atoms with Crippen LogP contribution in [-0.2, 0) is 4.79 Å². The van der Waals surface area contributed by atoms with Crippen LogP contribution in [0.25, 0.3) is 0 Å². The lowest BCUT2D eigenvalue weighted by molar-refractivity contribution is -0.131. The van der Waals surface area contributed by atoms with Gasteiger partial charge in [-0.15, -0.1) is 0 Å². The zero-order chi connectivity index (χ0) is 12.4. The Morgan fingerprint density at radius 2 is 2.24 bits per heavy atom. The molecule has 94 valence electrons. The predicted molar refractivity (Wildman–Crippen MR) is 69.4 cm³/mol. The summed E-state index contributed by atoms with van der Waals surface area (Å²) in [6.45, 7) is 5.92. The van der Waals surface area contributed by atoms with Crippen molar-refractivity contribution in [3.05, 3.63) is 23.3 Å². The van der Waals surface area contributed by atoms with Crippen molar-refractivity contribution in [2.75, 3.05) is 13.1 Å². The van der Waals surface area contributed by atoms with Gasteiger partial charge < -0.3 is 10.6 Å². The van der Waals surface area contributed by atoms with Crippen molar-refractivity contribution in [3.63, 3.8) is 0 Å². The highest BCUT2D eigenvalue weighted by Gasteiger charge is 2.29. The van der Waals surface area contributed by atoms with Gasteiger partial charge in [0.25, 0.3) is 0 Å². The van der Waals surface area contributed by atoms with E-state index in [0.717, 1.165) is 37.9 Å². The van der Waals surface area contributed by atoms with Crippen LogP contribution in [0, 0.1) is 5.92 Å². The van der Waals surface area contributed by atoms with E-state index in [1.54, 1.807) is 0 Å². The molecule has 1 heterocycles. The summed E-state index contributed by atoms with van der Waals surface area (Å²) in [7, 11) is 0. The third-order valence-electron chi connectivity index (χ3n) is 3.50. The molecule has 0 bridgehead atoms. The molecular weight excluding hydrogens is 212 g/mol. The molecule has 1 atom stereocenters.